The SMILES string of the molecule is Cc1ccc(NC(=O)c2oc3c(c2C)C(=O)CC(C)(C)C3)cc1Br. The maximum Gasteiger partial charge on any atom is 0.291 e. The summed E-state index contributed by atoms with van der Waals surface area (Å²) >= 11 is 3.45. The van der Waals surface area contributed by atoms with Crippen molar-refractivity contribution < 1.29 is 14.0 Å². The second-order valence-electron chi connectivity index (χ2n) is 7.21. The van der Waals surface area contributed by atoms with E-state index in [0.717, 1.165) is 10.0 Å². The highest BCUT2D eigenvalue weighted by molar-refractivity contribution is 9.10. The molecule has 3 rings (SSSR count). The summed E-state index contributed by atoms with van der Waals surface area (Å²) in [5.74, 6) is 0.578. The first-order valence-electron chi connectivity index (χ1n) is 7.91. The van der Waals surface area contributed by atoms with Crippen LogP contribution in [-0.2, 0) is 6.42 Å². The summed E-state index contributed by atoms with van der Waals surface area (Å²) in [5, 5.41) is 2.84. The monoisotopic (exact) mass is 389 g/mol. The molecule has 0 saturated heterocycles. The summed E-state index contributed by atoms with van der Waals surface area (Å²) < 4.78 is 6.71. The Balaban J connectivity index is 1.91. The largest absolute Gasteiger partial charge is 0.455 e. The Kier molecular flexibility index (Phi) is 4.16. The number of carbonyl (C=O) groups is 2. The lowest BCUT2D eigenvalue weighted by molar-refractivity contribution is 0.0898. The number of nitrogens with one attached hydrogen (secondary N) is 1. The first-order chi connectivity index (χ1) is 11.2. The van der Waals surface area contributed by atoms with Crippen molar-refractivity contribution in [1.29, 1.82) is 0 Å². The summed E-state index contributed by atoms with van der Waals surface area (Å²) in [6.07, 6.45) is 1.14. The average Bonchev–Trinajstić information content (AvgIpc) is 2.78. The Morgan fingerprint density at radius 1 is 1.25 bits per heavy atom. The van der Waals surface area contributed by atoms with Gasteiger partial charge in [-0.1, -0.05) is 35.8 Å². The van der Waals surface area contributed by atoms with E-state index >= 15 is 0 Å². The third-order valence-electron chi connectivity index (χ3n) is 4.41. The lowest BCUT2D eigenvalue weighted by Gasteiger charge is -2.27. The van der Waals surface area contributed by atoms with Crippen LogP contribution in [0.2, 0.25) is 0 Å². The maximum atomic E-state index is 12.6. The van der Waals surface area contributed by atoms with Crippen molar-refractivity contribution in [3.63, 3.8) is 0 Å². The van der Waals surface area contributed by atoms with E-state index in [-0.39, 0.29) is 22.9 Å². The third-order valence-corrected chi connectivity index (χ3v) is 5.27. The minimum absolute atomic E-state index is 0.0552. The van der Waals surface area contributed by atoms with E-state index in [4.69, 9.17) is 4.42 Å². The van der Waals surface area contributed by atoms with Crippen LogP contribution in [0.1, 0.15) is 58.1 Å². The van der Waals surface area contributed by atoms with Crippen LogP contribution in [-0.4, -0.2) is 11.7 Å². The highest BCUT2D eigenvalue weighted by Gasteiger charge is 2.37. The van der Waals surface area contributed by atoms with Gasteiger partial charge in [0.25, 0.3) is 5.91 Å². The number of fused-ring (bicyclic) bond motifs is 1. The van der Waals surface area contributed by atoms with Crippen molar-refractivity contribution in [2.75, 3.05) is 5.32 Å². The number of hydrogen-bond donors (Lipinski definition) is 1. The number of carbonyl (C=O) groups excluding carboxylic acids is 2. The fourth-order valence-electron chi connectivity index (χ4n) is 3.16. The molecule has 0 bridgehead atoms. The van der Waals surface area contributed by atoms with Crippen LogP contribution in [0.4, 0.5) is 5.69 Å². The summed E-state index contributed by atoms with van der Waals surface area (Å²) in [6.45, 7) is 7.83. The number of Topliss-reactive ketones (excluding diaryl/α,β-unsaturated/α-hetero) is 1. The van der Waals surface area contributed by atoms with Crippen LogP contribution in [0.3, 0.4) is 0 Å². The molecule has 0 spiro atoms. The molecule has 126 valence electrons. The molecule has 1 aromatic heterocycles. The van der Waals surface area contributed by atoms with Crippen molar-refractivity contribution >= 4 is 33.3 Å². The van der Waals surface area contributed by atoms with Gasteiger partial charge >= 0.3 is 0 Å². The van der Waals surface area contributed by atoms with Gasteiger partial charge in [0, 0.05) is 28.6 Å². The Morgan fingerprint density at radius 3 is 2.62 bits per heavy atom. The summed E-state index contributed by atoms with van der Waals surface area (Å²) in [4.78, 5) is 25.0. The Labute approximate surface area is 149 Å². The highest BCUT2D eigenvalue weighted by Crippen LogP contribution is 2.38. The zero-order valence-electron chi connectivity index (χ0n) is 14.2. The lowest BCUT2D eigenvalue weighted by atomic mass is 9.76. The molecule has 0 saturated carbocycles. The van der Waals surface area contributed by atoms with Crippen molar-refractivity contribution in [2.24, 2.45) is 5.41 Å². The van der Waals surface area contributed by atoms with Gasteiger partial charge in [0.05, 0.1) is 5.56 Å². The van der Waals surface area contributed by atoms with Gasteiger partial charge in [-0.15, -0.1) is 0 Å². The number of hydrogen-bond acceptors (Lipinski definition) is 3. The van der Waals surface area contributed by atoms with Gasteiger partial charge < -0.3 is 9.73 Å². The number of amides is 1. The minimum atomic E-state index is -0.330. The van der Waals surface area contributed by atoms with Crippen molar-refractivity contribution in [2.45, 2.75) is 40.5 Å². The van der Waals surface area contributed by atoms with E-state index < -0.39 is 0 Å². The van der Waals surface area contributed by atoms with E-state index in [1.54, 1.807) is 6.92 Å². The molecule has 1 aliphatic rings. The van der Waals surface area contributed by atoms with Crippen LogP contribution in [0, 0.1) is 19.3 Å². The zero-order valence-corrected chi connectivity index (χ0v) is 15.8. The van der Waals surface area contributed by atoms with E-state index in [1.807, 2.05) is 39.0 Å². The number of benzene rings is 1. The van der Waals surface area contributed by atoms with Gasteiger partial charge in [-0.05, 0) is 37.0 Å². The number of aryl methyl sites for hydroxylation is 1. The average molecular weight is 390 g/mol. The molecule has 1 N–H and O–H groups in total. The second kappa shape index (κ2) is 5.88. The van der Waals surface area contributed by atoms with Crippen molar-refractivity contribution in [3.05, 3.63) is 50.9 Å². The predicted octanol–water partition coefficient (Wildman–Crippen LogP) is 5.07. The number of halogens is 1. The molecule has 1 heterocycles. The van der Waals surface area contributed by atoms with E-state index in [0.29, 0.717) is 35.4 Å². The van der Waals surface area contributed by atoms with E-state index in [2.05, 4.69) is 21.2 Å². The molecule has 0 radical (unpaired) electrons. The molecule has 1 aromatic carbocycles. The summed E-state index contributed by atoms with van der Waals surface area (Å²) in [5.41, 5.74) is 2.85. The van der Waals surface area contributed by atoms with E-state index in [1.165, 1.54) is 0 Å². The standard InChI is InChI=1S/C19H20BrNO3/c1-10-5-6-12(7-13(10)20)21-18(23)17-11(2)16-14(22)8-19(3,4)9-15(16)24-17/h5-7H,8-9H2,1-4H3,(H,21,23). The molecule has 0 unspecified atom stereocenters. The Morgan fingerprint density at radius 2 is 1.96 bits per heavy atom. The molecule has 1 amide bonds. The predicted molar refractivity (Wildman–Crippen MR) is 96.7 cm³/mol. The van der Waals surface area contributed by atoms with Crippen molar-refractivity contribution in [3.8, 4) is 0 Å². The van der Waals surface area contributed by atoms with Crippen LogP contribution in [0.15, 0.2) is 27.1 Å². The quantitative estimate of drug-likeness (QED) is 0.779. The van der Waals surface area contributed by atoms with Gasteiger partial charge in [0.1, 0.15) is 5.76 Å². The second-order valence-corrected chi connectivity index (χ2v) is 8.07. The molecule has 24 heavy (non-hydrogen) atoms. The highest BCUT2D eigenvalue weighted by atomic mass is 79.9. The smallest absolute Gasteiger partial charge is 0.291 e. The minimum Gasteiger partial charge on any atom is -0.455 e. The molecule has 0 atom stereocenters. The fraction of sp³-hybridized carbons (Fsp3) is 0.368. The molecule has 2 aromatic rings. The lowest BCUT2D eigenvalue weighted by Crippen LogP contribution is -2.26. The van der Waals surface area contributed by atoms with Crippen molar-refractivity contribution in [1.82, 2.24) is 0 Å². The van der Waals surface area contributed by atoms with Gasteiger partial charge in [0.15, 0.2) is 11.5 Å². The molecular weight excluding hydrogens is 370 g/mol. The number of furan rings is 1. The van der Waals surface area contributed by atoms with Gasteiger partial charge in [-0.3, -0.25) is 9.59 Å². The molecule has 0 aliphatic heterocycles. The van der Waals surface area contributed by atoms with Gasteiger partial charge in [-0.25, -0.2) is 0 Å². The number of anilines is 1. The third kappa shape index (κ3) is 3.05. The number of ketones is 1. The normalized spacial score (nSPS) is 16.0. The molecule has 0 fully saturated rings. The Hall–Kier alpha value is -1.88. The molecule has 1 aliphatic carbocycles. The van der Waals surface area contributed by atoms with Crippen LogP contribution in [0.25, 0.3) is 0 Å². The first kappa shape index (κ1) is 17.0. The van der Waals surface area contributed by atoms with Crippen LogP contribution < -0.4 is 5.32 Å². The molecule has 5 heteroatoms. The molecular formula is C19H20BrNO3. The summed E-state index contributed by atoms with van der Waals surface area (Å²) in [7, 11) is 0. The van der Waals surface area contributed by atoms with E-state index in [9.17, 15) is 9.59 Å². The first-order valence-corrected chi connectivity index (χ1v) is 8.70. The maximum absolute atomic E-state index is 12.6. The zero-order chi connectivity index (χ0) is 17.6. The number of rotatable bonds is 2. The van der Waals surface area contributed by atoms with Crippen LogP contribution >= 0.6 is 15.9 Å². The van der Waals surface area contributed by atoms with Gasteiger partial charge in [0.2, 0.25) is 0 Å². The van der Waals surface area contributed by atoms with Crippen LogP contribution in [0.5, 0.6) is 0 Å². The van der Waals surface area contributed by atoms with Gasteiger partial charge in [-0.2, -0.15) is 0 Å². The summed E-state index contributed by atoms with van der Waals surface area (Å²) in [6, 6.07) is 5.61. The fourth-order valence-corrected chi connectivity index (χ4v) is 3.54. The Bertz CT molecular complexity index is 849. The topological polar surface area (TPSA) is 59.3 Å². The molecule has 4 nitrogen and oxygen atoms in total.